The molecule has 2 aliphatic heterocycles. The number of para-hydroxylation sites is 1. The topological polar surface area (TPSA) is 107 Å². The lowest BCUT2D eigenvalue weighted by Gasteiger charge is -2.27. The third kappa shape index (κ3) is 6.33. The molecule has 0 bridgehead atoms. The van der Waals surface area contributed by atoms with Gasteiger partial charge >= 0.3 is 5.97 Å². The molecule has 9 heteroatoms. The minimum Gasteiger partial charge on any atom is -0.491 e. The number of methoxy groups -OCH3 is 1. The van der Waals surface area contributed by atoms with Gasteiger partial charge in [0.2, 0.25) is 12.7 Å². The standard InChI is InChI=1S/C34H40N2O7/c1-5-22-8-7-9-23(6-2)31(22)35-29(37)19-36-18-27(26-14-15-28-33(21(26)3)43-20-42-28)30(34(38)39)32(36)24-10-12-25(13-11-24)41-17-16-40-4/h7-15,27,30,32H,5-6,16-20H2,1-4H3,(H,35,37)(H,38,39)/t27-,30-,32+/m1/s1. The SMILES string of the molecule is CCc1cccc(CC)c1NC(=O)CN1C[C@H](c2ccc3c(c2C)OCO3)[C@@H](C(=O)O)[C@@H]1c1ccc(OCCOC)cc1. The van der Waals surface area contributed by atoms with E-state index in [1.807, 2.05) is 66.4 Å². The van der Waals surface area contributed by atoms with Crippen LogP contribution in [0, 0.1) is 12.8 Å². The highest BCUT2D eigenvalue weighted by molar-refractivity contribution is 5.94. The minimum atomic E-state index is -0.917. The summed E-state index contributed by atoms with van der Waals surface area (Å²) in [7, 11) is 1.62. The van der Waals surface area contributed by atoms with Crippen LogP contribution in [0.15, 0.2) is 54.6 Å². The summed E-state index contributed by atoms with van der Waals surface area (Å²) in [4.78, 5) is 28.7. The highest BCUT2D eigenvalue weighted by Gasteiger charge is 2.48. The van der Waals surface area contributed by atoms with Gasteiger partial charge in [0.15, 0.2) is 11.5 Å². The van der Waals surface area contributed by atoms with E-state index >= 15 is 0 Å². The molecular formula is C34H40N2O7. The monoisotopic (exact) mass is 588 g/mol. The average Bonchev–Trinajstić information content (AvgIpc) is 3.63. The van der Waals surface area contributed by atoms with Crippen LogP contribution in [-0.4, -0.2) is 62.1 Å². The maximum Gasteiger partial charge on any atom is 0.309 e. The van der Waals surface area contributed by atoms with Crippen molar-refractivity contribution >= 4 is 17.6 Å². The lowest BCUT2D eigenvalue weighted by atomic mass is 9.81. The second-order valence-electron chi connectivity index (χ2n) is 11.0. The number of aryl methyl sites for hydroxylation is 2. The molecule has 0 spiro atoms. The molecule has 2 N–H and O–H groups in total. The van der Waals surface area contributed by atoms with Gasteiger partial charge in [-0.2, -0.15) is 0 Å². The first-order chi connectivity index (χ1) is 20.9. The van der Waals surface area contributed by atoms with Crippen LogP contribution in [0.4, 0.5) is 5.69 Å². The number of carbonyl (C=O) groups excluding carboxylic acids is 1. The van der Waals surface area contributed by atoms with Gasteiger partial charge in [-0.3, -0.25) is 14.5 Å². The first kappa shape index (κ1) is 30.4. The Labute approximate surface area is 252 Å². The number of carbonyl (C=O) groups is 2. The fourth-order valence-electron chi connectivity index (χ4n) is 6.41. The van der Waals surface area contributed by atoms with Crippen molar-refractivity contribution in [2.75, 3.05) is 45.5 Å². The zero-order valence-corrected chi connectivity index (χ0v) is 25.2. The van der Waals surface area contributed by atoms with Crippen molar-refractivity contribution in [3.05, 3.63) is 82.4 Å². The summed E-state index contributed by atoms with van der Waals surface area (Å²) >= 11 is 0. The van der Waals surface area contributed by atoms with E-state index in [2.05, 4.69) is 19.2 Å². The number of ether oxygens (including phenoxy) is 4. The fraction of sp³-hybridized carbons (Fsp3) is 0.412. The van der Waals surface area contributed by atoms with Crippen LogP contribution in [-0.2, 0) is 27.2 Å². The number of hydrogen-bond acceptors (Lipinski definition) is 7. The molecule has 3 aromatic carbocycles. The molecule has 3 aromatic rings. The quantitative estimate of drug-likeness (QED) is 0.273. The Morgan fingerprint density at radius 1 is 1.00 bits per heavy atom. The summed E-state index contributed by atoms with van der Waals surface area (Å²) in [6.07, 6.45) is 1.59. The lowest BCUT2D eigenvalue weighted by Crippen LogP contribution is -2.35. The molecule has 9 nitrogen and oxygen atoms in total. The van der Waals surface area contributed by atoms with Gasteiger partial charge in [0.25, 0.3) is 0 Å². The zero-order chi connectivity index (χ0) is 30.5. The Balaban J connectivity index is 1.49. The van der Waals surface area contributed by atoms with Crippen molar-refractivity contribution in [2.45, 2.75) is 45.6 Å². The molecule has 5 rings (SSSR count). The first-order valence-corrected chi connectivity index (χ1v) is 14.8. The number of carboxylic acids is 1. The molecule has 1 amide bonds. The Morgan fingerprint density at radius 3 is 2.37 bits per heavy atom. The van der Waals surface area contributed by atoms with Crippen LogP contribution in [0.1, 0.15) is 53.6 Å². The summed E-state index contributed by atoms with van der Waals surface area (Å²) < 4.78 is 22.1. The Morgan fingerprint density at radius 2 is 1.72 bits per heavy atom. The van der Waals surface area contributed by atoms with E-state index in [9.17, 15) is 14.7 Å². The number of fused-ring (bicyclic) bond motifs is 1. The molecule has 228 valence electrons. The predicted octanol–water partition coefficient (Wildman–Crippen LogP) is 5.35. The van der Waals surface area contributed by atoms with Gasteiger partial charge in [-0.15, -0.1) is 0 Å². The molecule has 0 saturated carbocycles. The molecule has 2 heterocycles. The summed E-state index contributed by atoms with van der Waals surface area (Å²) in [6, 6.07) is 16.8. The van der Waals surface area contributed by atoms with E-state index in [-0.39, 0.29) is 25.2 Å². The smallest absolute Gasteiger partial charge is 0.309 e. The minimum absolute atomic E-state index is 0.0435. The molecule has 1 fully saturated rings. The van der Waals surface area contributed by atoms with Crippen LogP contribution < -0.4 is 19.5 Å². The van der Waals surface area contributed by atoms with E-state index < -0.39 is 17.9 Å². The molecule has 2 aliphatic rings. The van der Waals surface area contributed by atoms with Crippen molar-refractivity contribution in [3.63, 3.8) is 0 Å². The second kappa shape index (κ2) is 13.5. The highest BCUT2D eigenvalue weighted by Crippen LogP contribution is 2.49. The molecule has 43 heavy (non-hydrogen) atoms. The van der Waals surface area contributed by atoms with Crippen molar-refractivity contribution in [3.8, 4) is 17.2 Å². The molecule has 0 unspecified atom stereocenters. The predicted molar refractivity (Wildman–Crippen MR) is 163 cm³/mol. The normalized spacial score (nSPS) is 19.4. The van der Waals surface area contributed by atoms with Gasteiger partial charge in [-0.05, 0) is 65.8 Å². The maximum absolute atomic E-state index is 13.7. The number of anilines is 1. The van der Waals surface area contributed by atoms with E-state index in [1.54, 1.807) is 7.11 Å². The number of nitrogens with one attached hydrogen (secondary N) is 1. The molecule has 0 aromatic heterocycles. The first-order valence-electron chi connectivity index (χ1n) is 14.8. The Hall–Kier alpha value is -4.08. The van der Waals surface area contributed by atoms with E-state index in [1.165, 1.54) is 0 Å². The zero-order valence-electron chi connectivity index (χ0n) is 25.2. The van der Waals surface area contributed by atoms with Gasteiger partial charge in [0, 0.05) is 31.3 Å². The van der Waals surface area contributed by atoms with Crippen LogP contribution in [0.3, 0.4) is 0 Å². The van der Waals surface area contributed by atoms with E-state index in [0.717, 1.165) is 46.3 Å². The van der Waals surface area contributed by atoms with Crippen LogP contribution in [0.25, 0.3) is 0 Å². The lowest BCUT2D eigenvalue weighted by molar-refractivity contribution is -0.143. The van der Waals surface area contributed by atoms with Crippen molar-refractivity contribution in [1.29, 1.82) is 0 Å². The number of benzene rings is 3. The van der Waals surface area contributed by atoms with Crippen molar-refractivity contribution in [2.24, 2.45) is 5.92 Å². The number of hydrogen-bond donors (Lipinski definition) is 2. The van der Waals surface area contributed by atoms with Gasteiger partial charge in [0.05, 0.1) is 19.1 Å². The summed E-state index contributed by atoms with van der Waals surface area (Å²) in [5, 5.41) is 13.8. The third-order valence-corrected chi connectivity index (χ3v) is 8.50. The number of nitrogens with zero attached hydrogens (tertiary/aromatic N) is 1. The summed E-state index contributed by atoms with van der Waals surface area (Å²) in [5.41, 5.74) is 5.56. The van der Waals surface area contributed by atoms with Gasteiger partial charge < -0.3 is 29.4 Å². The number of likely N-dealkylation sites (tertiary alicyclic amines) is 1. The van der Waals surface area contributed by atoms with Gasteiger partial charge in [-0.25, -0.2) is 0 Å². The number of aliphatic carboxylic acids is 1. The van der Waals surface area contributed by atoms with Gasteiger partial charge in [0.1, 0.15) is 12.4 Å². The van der Waals surface area contributed by atoms with E-state index in [4.69, 9.17) is 18.9 Å². The molecule has 0 aliphatic carbocycles. The van der Waals surface area contributed by atoms with E-state index in [0.29, 0.717) is 37.0 Å². The number of carboxylic acid groups (broad SMARTS) is 1. The fourth-order valence-corrected chi connectivity index (χ4v) is 6.41. The third-order valence-electron chi connectivity index (χ3n) is 8.50. The van der Waals surface area contributed by atoms with Gasteiger partial charge in [-0.1, -0.05) is 50.2 Å². The second-order valence-corrected chi connectivity index (χ2v) is 11.0. The summed E-state index contributed by atoms with van der Waals surface area (Å²) in [5.74, 6) is -0.300. The van der Waals surface area contributed by atoms with Crippen LogP contribution >= 0.6 is 0 Å². The number of rotatable bonds is 12. The Bertz CT molecular complexity index is 1430. The van der Waals surface area contributed by atoms with Crippen LogP contribution in [0.5, 0.6) is 17.2 Å². The molecule has 0 radical (unpaired) electrons. The highest BCUT2D eigenvalue weighted by atomic mass is 16.7. The molecule has 3 atom stereocenters. The largest absolute Gasteiger partial charge is 0.491 e. The van der Waals surface area contributed by atoms with Crippen LogP contribution in [0.2, 0.25) is 0 Å². The Kier molecular flexibility index (Phi) is 9.52. The summed E-state index contributed by atoms with van der Waals surface area (Å²) in [6.45, 7) is 7.52. The average molecular weight is 589 g/mol. The van der Waals surface area contributed by atoms with Crippen molar-refractivity contribution < 1.29 is 33.6 Å². The van der Waals surface area contributed by atoms with Crippen molar-refractivity contribution in [1.82, 2.24) is 4.90 Å². The maximum atomic E-state index is 13.7. The number of amides is 1. The molecular weight excluding hydrogens is 548 g/mol. The molecule has 1 saturated heterocycles.